The second-order valence-corrected chi connectivity index (χ2v) is 4.95. The van der Waals surface area contributed by atoms with E-state index in [-0.39, 0.29) is 0 Å². The van der Waals surface area contributed by atoms with E-state index in [0.29, 0.717) is 12.1 Å². The Kier molecular flexibility index (Phi) is 3.89. The highest BCUT2D eigenvalue weighted by Crippen LogP contribution is 2.18. The van der Waals surface area contributed by atoms with Crippen LogP contribution >= 0.6 is 0 Å². The molecule has 1 N–H and O–H groups in total. The molecular formula is C14H21N3. The van der Waals surface area contributed by atoms with E-state index in [9.17, 15) is 0 Å². The third kappa shape index (κ3) is 3.13. The first-order chi connectivity index (χ1) is 8.16. The standard InChI is InChI=1S/C14H21N3/c1-10(2)12-6-8-16-13-5-4-7-15-14(13)9-11(3)17-12/h6,8,13-15H,1,4-5,7,9H2,2-3H3. The normalized spacial score (nSPS) is 29.3. The molecule has 2 unspecified atom stereocenters. The van der Waals surface area contributed by atoms with Gasteiger partial charge in [-0.05, 0) is 44.9 Å². The molecule has 0 saturated carbocycles. The second kappa shape index (κ2) is 5.41. The van der Waals surface area contributed by atoms with Crippen molar-refractivity contribution in [1.82, 2.24) is 5.32 Å². The molecule has 3 heteroatoms. The Labute approximate surface area is 103 Å². The first kappa shape index (κ1) is 12.2. The van der Waals surface area contributed by atoms with Crippen molar-refractivity contribution in [2.45, 2.75) is 45.2 Å². The Bertz CT molecular complexity index is 390. The monoisotopic (exact) mass is 231 g/mol. The first-order valence-electron chi connectivity index (χ1n) is 6.33. The Morgan fingerprint density at radius 3 is 3.12 bits per heavy atom. The summed E-state index contributed by atoms with van der Waals surface area (Å²) in [6, 6.07) is 0.844. The summed E-state index contributed by atoms with van der Waals surface area (Å²) in [4.78, 5) is 9.29. The molecule has 0 aromatic rings. The van der Waals surface area contributed by atoms with Gasteiger partial charge in [0.25, 0.3) is 0 Å². The molecule has 2 heterocycles. The lowest BCUT2D eigenvalue weighted by molar-refractivity contribution is 0.360. The number of hydrogen-bond acceptors (Lipinski definition) is 3. The zero-order valence-electron chi connectivity index (χ0n) is 10.7. The molecule has 2 aliphatic rings. The van der Waals surface area contributed by atoms with E-state index in [2.05, 4.69) is 28.8 Å². The van der Waals surface area contributed by atoms with E-state index in [1.54, 1.807) is 0 Å². The fourth-order valence-corrected chi connectivity index (χ4v) is 2.39. The second-order valence-electron chi connectivity index (χ2n) is 4.95. The van der Waals surface area contributed by atoms with Crippen LogP contribution in [0.4, 0.5) is 0 Å². The first-order valence-corrected chi connectivity index (χ1v) is 6.33. The highest BCUT2D eigenvalue weighted by atomic mass is 15.0. The van der Waals surface area contributed by atoms with Crippen LogP contribution in [0.25, 0.3) is 0 Å². The number of rotatable bonds is 1. The van der Waals surface area contributed by atoms with Crippen LogP contribution in [-0.4, -0.2) is 30.6 Å². The molecule has 2 aliphatic heterocycles. The third-order valence-electron chi connectivity index (χ3n) is 3.32. The Morgan fingerprint density at radius 1 is 1.53 bits per heavy atom. The highest BCUT2D eigenvalue weighted by Gasteiger charge is 2.24. The van der Waals surface area contributed by atoms with Gasteiger partial charge in [0.05, 0.1) is 11.7 Å². The minimum atomic E-state index is 0.398. The topological polar surface area (TPSA) is 36.8 Å². The Hall–Kier alpha value is -1.22. The lowest BCUT2D eigenvalue weighted by atomic mass is 9.95. The van der Waals surface area contributed by atoms with Crippen molar-refractivity contribution in [2.24, 2.45) is 9.98 Å². The fourth-order valence-electron chi connectivity index (χ4n) is 2.39. The molecule has 92 valence electrons. The van der Waals surface area contributed by atoms with Crippen molar-refractivity contribution in [3.05, 3.63) is 23.9 Å². The molecular weight excluding hydrogens is 210 g/mol. The van der Waals surface area contributed by atoms with Crippen LogP contribution in [0.1, 0.15) is 33.1 Å². The van der Waals surface area contributed by atoms with Crippen molar-refractivity contribution in [3.63, 3.8) is 0 Å². The molecule has 0 aromatic carbocycles. The van der Waals surface area contributed by atoms with Gasteiger partial charge in [0.2, 0.25) is 0 Å². The lowest BCUT2D eigenvalue weighted by Gasteiger charge is -2.29. The van der Waals surface area contributed by atoms with Crippen LogP contribution in [0.5, 0.6) is 0 Å². The predicted molar refractivity (Wildman–Crippen MR) is 73.9 cm³/mol. The third-order valence-corrected chi connectivity index (χ3v) is 3.32. The SMILES string of the molecule is C=C(C)C1=CC=NC2CCCNC2CC(C)=N1. The minimum Gasteiger partial charge on any atom is -0.311 e. The van der Waals surface area contributed by atoms with Crippen molar-refractivity contribution in [2.75, 3.05) is 6.54 Å². The minimum absolute atomic E-state index is 0.398. The van der Waals surface area contributed by atoms with E-state index in [4.69, 9.17) is 0 Å². The maximum atomic E-state index is 4.65. The van der Waals surface area contributed by atoms with Gasteiger partial charge >= 0.3 is 0 Å². The Balaban J connectivity index is 2.25. The van der Waals surface area contributed by atoms with Crippen molar-refractivity contribution < 1.29 is 0 Å². The Morgan fingerprint density at radius 2 is 2.35 bits per heavy atom. The van der Waals surface area contributed by atoms with Crippen LogP contribution in [0.2, 0.25) is 0 Å². The van der Waals surface area contributed by atoms with Gasteiger partial charge in [0.1, 0.15) is 0 Å². The van der Waals surface area contributed by atoms with E-state index in [1.807, 2.05) is 19.2 Å². The molecule has 0 aliphatic carbocycles. The number of nitrogens with zero attached hydrogens (tertiary/aromatic N) is 2. The van der Waals surface area contributed by atoms with Gasteiger partial charge in [0, 0.05) is 24.4 Å². The smallest absolute Gasteiger partial charge is 0.0667 e. The lowest BCUT2D eigenvalue weighted by Crippen LogP contribution is -2.44. The zero-order valence-corrected chi connectivity index (χ0v) is 10.7. The van der Waals surface area contributed by atoms with Gasteiger partial charge in [0.15, 0.2) is 0 Å². The summed E-state index contributed by atoms with van der Waals surface area (Å²) in [7, 11) is 0. The number of allylic oxidation sites excluding steroid dienone is 2. The number of hydrogen-bond donors (Lipinski definition) is 1. The summed E-state index contributed by atoms with van der Waals surface area (Å²) in [5.74, 6) is 0. The molecule has 17 heavy (non-hydrogen) atoms. The zero-order chi connectivity index (χ0) is 12.3. The number of fused-ring (bicyclic) bond motifs is 1. The average molecular weight is 231 g/mol. The summed E-state index contributed by atoms with van der Waals surface area (Å²) >= 11 is 0. The van der Waals surface area contributed by atoms with Gasteiger partial charge in [-0.2, -0.15) is 0 Å². The molecule has 0 amide bonds. The largest absolute Gasteiger partial charge is 0.311 e. The number of aliphatic imine (C=N–C) groups is 2. The van der Waals surface area contributed by atoms with E-state index < -0.39 is 0 Å². The molecule has 0 aromatic heterocycles. The molecule has 2 rings (SSSR count). The summed E-state index contributed by atoms with van der Waals surface area (Å²) in [5, 5.41) is 3.55. The van der Waals surface area contributed by atoms with Crippen LogP contribution in [-0.2, 0) is 0 Å². The maximum absolute atomic E-state index is 4.65. The molecule has 1 saturated heterocycles. The molecule has 2 atom stereocenters. The van der Waals surface area contributed by atoms with E-state index >= 15 is 0 Å². The summed E-state index contributed by atoms with van der Waals surface area (Å²) in [6.07, 6.45) is 7.25. The van der Waals surface area contributed by atoms with Crippen LogP contribution in [0, 0.1) is 0 Å². The highest BCUT2D eigenvalue weighted by molar-refractivity contribution is 5.85. The fraction of sp³-hybridized carbons (Fsp3) is 0.571. The number of nitrogens with one attached hydrogen (secondary N) is 1. The quantitative estimate of drug-likeness (QED) is 0.739. The van der Waals surface area contributed by atoms with Gasteiger partial charge in [-0.15, -0.1) is 0 Å². The molecule has 3 nitrogen and oxygen atoms in total. The van der Waals surface area contributed by atoms with Crippen LogP contribution in [0.3, 0.4) is 0 Å². The average Bonchev–Trinajstić information content (AvgIpc) is 2.36. The summed E-state index contributed by atoms with van der Waals surface area (Å²) in [6.45, 7) is 9.13. The number of piperidine rings is 1. The van der Waals surface area contributed by atoms with Crippen molar-refractivity contribution in [1.29, 1.82) is 0 Å². The molecule has 1 fully saturated rings. The molecule has 0 radical (unpaired) electrons. The van der Waals surface area contributed by atoms with E-state index in [1.165, 1.54) is 12.8 Å². The molecule has 0 spiro atoms. The van der Waals surface area contributed by atoms with Gasteiger partial charge in [-0.25, -0.2) is 0 Å². The molecule has 0 bridgehead atoms. The van der Waals surface area contributed by atoms with Gasteiger partial charge in [-0.3, -0.25) is 9.98 Å². The van der Waals surface area contributed by atoms with E-state index in [0.717, 1.165) is 29.9 Å². The van der Waals surface area contributed by atoms with Crippen molar-refractivity contribution in [3.8, 4) is 0 Å². The van der Waals surface area contributed by atoms with Crippen molar-refractivity contribution >= 4 is 11.9 Å². The van der Waals surface area contributed by atoms with Gasteiger partial charge in [-0.1, -0.05) is 6.58 Å². The predicted octanol–water partition coefficient (Wildman–Crippen LogP) is 2.50. The summed E-state index contributed by atoms with van der Waals surface area (Å²) in [5.41, 5.74) is 3.10. The van der Waals surface area contributed by atoms with Crippen LogP contribution in [0.15, 0.2) is 33.9 Å². The van der Waals surface area contributed by atoms with Gasteiger partial charge < -0.3 is 5.32 Å². The van der Waals surface area contributed by atoms with Crippen LogP contribution < -0.4 is 5.32 Å². The maximum Gasteiger partial charge on any atom is 0.0667 e. The summed E-state index contributed by atoms with van der Waals surface area (Å²) < 4.78 is 0.